The van der Waals surface area contributed by atoms with Crippen molar-refractivity contribution >= 4 is 0 Å². The van der Waals surface area contributed by atoms with E-state index >= 15 is 0 Å². The Bertz CT molecular complexity index is 295. The fourth-order valence-corrected chi connectivity index (χ4v) is 2.25. The topological polar surface area (TPSA) is 34.4 Å². The first kappa shape index (κ1) is 15.3. The summed E-state index contributed by atoms with van der Waals surface area (Å²) in [4.78, 5) is 0. The maximum Gasteiger partial charge on any atom is 0.105 e. The van der Waals surface area contributed by atoms with E-state index in [0.717, 1.165) is 31.8 Å². The number of nitrogens with one attached hydrogen (secondary N) is 1. The summed E-state index contributed by atoms with van der Waals surface area (Å²) in [6, 6.07) is 4.29. The Kier molecular flexibility index (Phi) is 7.06. The van der Waals surface area contributed by atoms with E-state index in [-0.39, 0.29) is 6.10 Å². The van der Waals surface area contributed by atoms with Crippen molar-refractivity contribution in [3.63, 3.8) is 0 Å². The monoisotopic (exact) mass is 253 g/mol. The molecular formula is C15H27NO2. The molecule has 1 heterocycles. The van der Waals surface area contributed by atoms with E-state index in [1.165, 1.54) is 0 Å². The molecule has 0 aliphatic heterocycles. The molecule has 18 heavy (non-hydrogen) atoms. The molecule has 2 atom stereocenters. The van der Waals surface area contributed by atoms with Gasteiger partial charge in [0.05, 0.1) is 12.4 Å². The summed E-state index contributed by atoms with van der Waals surface area (Å²) >= 11 is 0. The molecule has 104 valence electrons. The number of rotatable bonds is 9. The van der Waals surface area contributed by atoms with Crippen molar-refractivity contribution in [2.75, 3.05) is 13.2 Å². The summed E-state index contributed by atoms with van der Waals surface area (Å²) in [5, 5.41) is 3.59. The Balaban J connectivity index is 2.67. The van der Waals surface area contributed by atoms with Crippen LogP contribution in [-0.2, 0) is 11.2 Å². The summed E-state index contributed by atoms with van der Waals surface area (Å²) < 4.78 is 11.4. The Morgan fingerprint density at radius 2 is 2.11 bits per heavy atom. The van der Waals surface area contributed by atoms with Gasteiger partial charge in [-0.15, -0.1) is 0 Å². The van der Waals surface area contributed by atoms with Crippen molar-refractivity contribution in [1.82, 2.24) is 5.32 Å². The molecule has 1 aromatic rings. The molecule has 1 N–H and O–H groups in total. The molecule has 0 radical (unpaired) electrons. The third-order valence-corrected chi connectivity index (χ3v) is 3.07. The van der Waals surface area contributed by atoms with Gasteiger partial charge < -0.3 is 14.5 Å². The smallest absolute Gasteiger partial charge is 0.105 e. The lowest BCUT2D eigenvalue weighted by Crippen LogP contribution is -2.46. The zero-order chi connectivity index (χ0) is 13.4. The van der Waals surface area contributed by atoms with Gasteiger partial charge in [0, 0.05) is 19.1 Å². The van der Waals surface area contributed by atoms with E-state index < -0.39 is 0 Å². The van der Waals surface area contributed by atoms with Crippen molar-refractivity contribution in [1.29, 1.82) is 0 Å². The maximum atomic E-state index is 5.91. The molecule has 0 aliphatic rings. The molecule has 0 saturated heterocycles. The highest BCUT2D eigenvalue weighted by atomic mass is 16.5. The van der Waals surface area contributed by atoms with Crippen molar-refractivity contribution in [3.8, 4) is 0 Å². The zero-order valence-corrected chi connectivity index (χ0v) is 12.1. The predicted octanol–water partition coefficient (Wildman–Crippen LogP) is 3.25. The van der Waals surface area contributed by atoms with Gasteiger partial charge in [-0.2, -0.15) is 0 Å². The normalized spacial score (nSPS) is 14.9. The minimum atomic E-state index is 0.228. The largest absolute Gasteiger partial charge is 0.469 e. The third kappa shape index (κ3) is 4.83. The lowest BCUT2D eigenvalue weighted by Gasteiger charge is -2.30. The number of furan rings is 1. The van der Waals surface area contributed by atoms with Gasteiger partial charge in [-0.1, -0.05) is 20.8 Å². The molecule has 0 fully saturated rings. The van der Waals surface area contributed by atoms with Crippen LogP contribution in [0, 0.1) is 5.92 Å². The van der Waals surface area contributed by atoms with Gasteiger partial charge in [-0.3, -0.25) is 0 Å². The zero-order valence-electron chi connectivity index (χ0n) is 12.1. The Morgan fingerprint density at radius 1 is 1.33 bits per heavy atom. The first-order valence-corrected chi connectivity index (χ1v) is 7.06. The summed E-state index contributed by atoms with van der Waals surface area (Å²) in [6.45, 7) is 10.4. The minimum Gasteiger partial charge on any atom is -0.469 e. The molecular weight excluding hydrogens is 226 g/mol. The van der Waals surface area contributed by atoms with Crippen LogP contribution in [0.1, 0.15) is 39.9 Å². The molecule has 0 aromatic carbocycles. The second-order valence-corrected chi connectivity index (χ2v) is 5.01. The average molecular weight is 253 g/mol. The SMILES string of the molecule is CCCNC(Cc1ccco1)C(OCC)C(C)C. The van der Waals surface area contributed by atoms with Gasteiger partial charge >= 0.3 is 0 Å². The second kappa shape index (κ2) is 8.33. The molecule has 0 bridgehead atoms. The Hall–Kier alpha value is -0.800. The number of hydrogen-bond donors (Lipinski definition) is 1. The van der Waals surface area contributed by atoms with Gasteiger partial charge in [0.1, 0.15) is 5.76 Å². The van der Waals surface area contributed by atoms with Crippen molar-refractivity contribution < 1.29 is 9.15 Å². The fourth-order valence-electron chi connectivity index (χ4n) is 2.25. The summed E-state index contributed by atoms with van der Waals surface area (Å²) in [5.41, 5.74) is 0. The molecule has 0 amide bonds. The van der Waals surface area contributed by atoms with Gasteiger partial charge in [-0.25, -0.2) is 0 Å². The highest BCUT2D eigenvalue weighted by Crippen LogP contribution is 2.16. The molecule has 0 aliphatic carbocycles. The van der Waals surface area contributed by atoms with E-state index in [4.69, 9.17) is 9.15 Å². The summed E-state index contributed by atoms with van der Waals surface area (Å²) in [7, 11) is 0. The lowest BCUT2D eigenvalue weighted by molar-refractivity contribution is 0.00253. The van der Waals surface area contributed by atoms with Crippen LogP contribution in [0.3, 0.4) is 0 Å². The lowest BCUT2D eigenvalue weighted by atomic mass is 9.96. The van der Waals surface area contributed by atoms with Crippen molar-refractivity contribution in [2.24, 2.45) is 5.92 Å². The molecule has 0 saturated carbocycles. The first-order chi connectivity index (χ1) is 8.69. The standard InChI is InChI=1S/C15H27NO2/c1-5-9-16-14(11-13-8-7-10-18-13)15(12(3)4)17-6-2/h7-8,10,12,14-16H,5-6,9,11H2,1-4H3. The fraction of sp³-hybridized carbons (Fsp3) is 0.733. The Labute approximate surface area is 111 Å². The summed E-state index contributed by atoms with van der Waals surface area (Å²) in [5.74, 6) is 1.52. The summed E-state index contributed by atoms with van der Waals surface area (Å²) in [6.07, 6.45) is 3.98. The third-order valence-electron chi connectivity index (χ3n) is 3.07. The van der Waals surface area contributed by atoms with Crippen LogP contribution in [0.2, 0.25) is 0 Å². The molecule has 1 aromatic heterocycles. The van der Waals surface area contributed by atoms with Gasteiger partial charge in [-0.05, 0) is 37.9 Å². The molecule has 3 heteroatoms. The van der Waals surface area contributed by atoms with Crippen molar-refractivity contribution in [2.45, 2.75) is 52.7 Å². The Morgan fingerprint density at radius 3 is 2.61 bits per heavy atom. The van der Waals surface area contributed by atoms with Crippen LogP contribution in [0.15, 0.2) is 22.8 Å². The maximum absolute atomic E-state index is 5.91. The van der Waals surface area contributed by atoms with Gasteiger partial charge in [0.15, 0.2) is 0 Å². The van der Waals surface area contributed by atoms with Crippen LogP contribution < -0.4 is 5.32 Å². The predicted molar refractivity (Wildman–Crippen MR) is 74.7 cm³/mol. The highest BCUT2D eigenvalue weighted by molar-refractivity contribution is 5.02. The van der Waals surface area contributed by atoms with E-state index in [9.17, 15) is 0 Å². The van der Waals surface area contributed by atoms with E-state index in [0.29, 0.717) is 12.0 Å². The van der Waals surface area contributed by atoms with Gasteiger partial charge in [0.25, 0.3) is 0 Å². The van der Waals surface area contributed by atoms with E-state index in [2.05, 4.69) is 33.0 Å². The van der Waals surface area contributed by atoms with Gasteiger partial charge in [0.2, 0.25) is 0 Å². The highest BCUT2D eigenvalue weighted by Gasteiger charge is 2.25. The number of ether oxygens (including phenoxy) is 1. The van der Waals surface area contributed by atoms with Crippen molar-refractivity contribution in [3.05, 3.63) is 24.2 Å². The minimum absolute atomic E-state index is 0.228. The molecule has 1 rings (SSSR count). The average Bonchev–Trinajstić information content (AvgIpc) is 2.84. The van der Waals surface area contributed by atoms with E-state index in [1.807, 2.05) is 12.1 Å². The van der Waals surface area contributed by atoms with Crippen LogP contribution in [-0.4, -0.2) is 25.3 Å². The molecule has 0 spiro atoms. The van der Waals surface area contributed by atoms with Crippen LogP contribution >= 0.6 is 0 Å². The van der Waals surface area contributed by atoms with Crippen LogP contribution in [0.5, 0.6) is 0 Å². The van der Waals surface area contributed by atoms with Crippen LogP contribution in [0.25, 0.3) is 0 Å². The molecule has 3 nitrogen and oxygen atoms in total. The molecule has 2 unspecified atom stereocenters. The van der Waals surface area contributed by atoms with E-state index in [1.54, 1.807) is 6.26 Å². The quantitative estimate of drug-likeness (QED) is 0.733. The first-order valence-electron chi connectivity index (χ1n) is 7.06. The number of hydrogen-bond acceptors (Lipinski definition) is 3. The second-order valence-electron chi connectivity index (χ2n) is 5.01. The van der Waals surface area contributed by atoms with Crippen LogP contribution in [0.4, 0.5) is 0 Å².